The number of aromatic nitrogens is 3. The van der Waals surface area contributed by atoms with Crippen LogP contribution in [0.1, 0.15) is 18.3 Å². The molecule has 1 amide bonds. The van der Waals surface area contributed by atoms with Gasteiger partial charge in [-0.25, -0.2) is 0 Å². The van der Waals surface area contributed by atoms with Crippen LogP contribution in [0.15, 0.2) is 24.3 Å². The minimum Gasteiger partial charge on any atom is -0.480 e. The second-order valence-electron chi connectivity index (χ2n) is 4.36. The molecule has 2 N–H and O–H groups in total. The molecule has 0 bridgehead atoms. The molecule has 1 atom stereocenters. The topological polar surface area (TPSA) is 104 Å². The minimum absolute atomic E-state index is 0.184. The number of hydrogen-bond acceptors (Lipinski definition) is 5. The van der Waals surface area contributed by atoms with Gasteiger partial charge >= 0.3 is 6.18 Å². The van der Waals surface area contributed by atoms with E-state index in [0.29, 0.717) is 0 Å². The Morgan fingerprint density at radius 3 is 2.74 bits per heavy atom. The summed E-state index contributed by atoms with van der Waals surface area (Å²) in [4.78, 5) is 15.0. The summed E-state index contributed by atoms with van der Waals surface area (Å²) >= 11 is 0. The number of benzene rings is 1. The van der Waals surface area contributed by atoms with Gasteiger partial charge in [0.15, 0.2) is 6.10 Å². The zero-order chi connectivity index (χ0) is 17.0. The van der Waals surface area contributed by atoms with Crippen molar-refractivity contribution in [2.24, 2.45) is 0 Å². The smallest absolute Gasteiger partial charge is 0.451 e. The molecule has 1 aromatic heterocycles. The van der Waals surface area contributed by atoms with Gasteiger partial charge in [-0.15, -0.1) is 5.10 Å². The molecule has 2 aromatic rings. The van der Waals surface area contributed by atoms with Crippen LogP contribution < -0.4 is 10.1 Å². The standard InChI is InChI=1S/C13H10F3N5O2/c1-7(23-9-5-3-2-4-8(9)6-17)10(22)18-12-19-11(20-21-12)13(14,15)16/h2-5,7H,1H3,(H2,18,19,20,21,22). The van der Waals surface area contributed by atoms with Crippen LogP contribution in [0.4, 0.5) is 19.1 Å². The fraction of sp³-hybridized carbons (Fsp3) is 0.231. The number of nitriles is 1. The molecular weight excluding hydrogens is 315 g/mol. The van der Waals surface area contributed by atoms with E-state index >= 15 is 0 Å². The maximum atomic E-state index is 12.4. The Morgan fingerprint density at radius 1 is 1.43 bits per heavy atom. The van der Waals surface area contributed by atoms with Gasteiger partial charge in [0.2, 0.25) is 11.8 Å². The third-order valence-electron chi connectivity index (χ3n) is 2.67. The summed E-state index contributed by atoms with van der Waals surface area (Å²) in [6.45, 7) is 1.38. The first-order valence-corrected chi connectivity index (χ1v) is 6.27. The van der Waals surface area contributed by atoms with Crippen molar-refractivity contribution in [3.63, 3.8) is 0 Å². The summed E-state index contributed by atoms with van der Waals surface area (Å²) in [6, 6.07) is 8.14. The first kappa shape index (κ1) is 16.3. The fourth-order valence-electron chi connectivity index (χ4n) is 1.56. The Kier molecular flexibility index (Phi) is 4.49. The summed E-state index contributed by atoms with van der Waals surface area (Å²) in [5, 5.41) is 15.9. The summed E-state index contributed by atoms with van der Waals surface area (Å²) < 4.78 is 42.4. The Hall–Kier alpha value is -3.09. The Balaban J connectivity index is 2.03. The number of H-pyrrole nitrogens is 1. The molecule has 1 heterocycles. The maximum Gasteiger partial charge on any atom is 0.451 e. The summed E-state index contributed by atoms with van der Waals surface area (Å²) in [7, 11) is 0. The first-order valence-electron chi connectivity index (χ1n) is 6.27. The van der Waals surface area contributed by atoms with Gasteiger partial charge in [-0.2, -0.15) is 23.4 Å². The number of rotatable bonds is 4. The Bertz CT molecular complexity index is 751. The van der Waals surface area contributed by atoms with E-state index in [2.05, 4.69) is 15.4 Å². The van der Waals surface area contributed by atoms with E-state index in [9.17, 15) is 18.0 Å². The zero-order valence-electron chi connectivity index (χ0n) is 11.7. The van der Waals surface area contributed by atoms with Gasteiger partial charge < -0.3 is 4.74 Å². The monoisotopic (exact) mass is 325 g/mol. The summed E-state index contributed by atoms with van der Waals surface area (Å²) in [5.41, 5.74) is 0.226. The lowest BCUT2D eigenvalue weighted by Crippen LogP contribution is -2.30. The molecule has 0 radical (unpaired) electrons. The molecule has 23 heavy (non-hydrogen) atoms. The molecule has 10 heteroatoms. The van der Waals surface area contributed by atoms with Gasteiger partial charge in [-0.3, -0.25) is 15.2 Å². The number of ether oxygens (including phenoxy) is 1. The van der Waals surface area contributed by atoms with Crippen molar-refractivity contribution in [3.05, 3.63) is 35.7 Å². The van der Waals surface area contributed by atoms with E-state index in [1.165, 1.54) is 19.1 Å². The molecule has 7 nitrogen and oxygen atoms in total. The number of carbonyl (C=O) groups excluding carboxylic acids is 1. The molecule has 120 valence electrons. The number of nitrogens with zero attached hydrogens (tertiary/aromatic N) is 3. The largest absolute Gasteiger partial charge is 0.480 e. The summed E-state index contributed by atoms with van der Waals surface area (Å²) in [5.74, 6) is -2.42. The molecule has 0 aliphatic rings. The van der Waals surface area contributed by atoms with Gasteiger partial charge in [0.05, 0.1) is 5.56 Å². The first-order chi connectivity index (χ1) is 10.8. The molecule has 0 saturated carbocycles. The lowest BCUT2D eigenvalue weighted by Gasteiger charge is -2.14. The number of anilines is 1. The van der Waals surface area contributed by atoms with E-state index in [1.54, 1.807) is 17.2 Å². The van der Waals surface area contributed by atoms with E-state index in [-0.39, 0.29) is 11.3 Å². The third kappa shape index (κ3) is 3.97. The highest BCUT2D eigenvalue weighted by atomic mass is 19.4. The van der Waals surface area contributed by atoms with Crippen molar-refractivity contribution in [1.82, 2.24) is 15.2 Å². The second kappa shape index (κ2) is 6.35. The number of aromatic amines is 1. The van der Waals surface area contributed by atoms with Crippen LogP contribution >= 0.6 is 0 Å². The van der Waals surface area contributed by atoms with Crippen molar-refractivity contribution >= 4 is 11.9 Å². The number of amides is 1. The van der Waals surface area contributed by atoms with Crippen molar-refractivity contribution in [2.45, 2.75) is 19.2 Å². The predicted molar refractivity (Wildman–Crippen MR) is 71.3 cm³/mol. The van der Waals surface area contributed by atoms with Gasteiger partial charge in [0.25, 0.3) is 5.91 Å². The van der Waals surface area contributed by atoms with E-state index in [1.807, 2.05) is 6.07 Å². The highest BCUT2D eigenvalue weighted by Crippen LogP contribution is 2.26. The molecular formula is C13H10F3N5O2. The quantitative estimate of drug-likeness (QED) is 0.896. The van der Waals surface area contributed by atoms with Crippen LogP contribution in [0.2, 0.25) is 0 Å². The average Bonchev–Trinajstić information content (AvgIpc) is 2.96. The Labute approximate surface area is 128 Å². The van der Waals surface area contributed by atoms with E-state index in [4.69, 9.17) is 10.00 Å². The lowest BCUT2D eigenvalue weighted by atomic mass is 10.2. The molecule has 1 aromatic carbocycles. The van der Waals surface area contributed by atoms with Crippen molar-refractivity contribution in [3.8, 4) is 11.8 Å². The Morgan fingerprint density at radius 2 is 2.13 bits per heavy atom. The van der Waals surface area contributed by atoms with Gasteiger partial charge in [0, 0.05) is 0 Å². The minimum atomic E-state index is -4.69. The number of alkyl halides is 3. The van der Waals surface area contributed by atoms with Crippen LogP contribution in [-0.2, 0) is 11.0 Å². The maximum absolute atomic E-state index is 12.4. The van der Waals surface area contributed by atoms with Gasteiger partial charge in [0.1, 0.15) is 11.8 Å². The van der Waals surface area contributed by atoms with Crippen molar-refractivity contribution in [2.75, 3.05) is 5.32 Å². The van der Waals surface area contributed by atoms with Crippen molar-refractivity contribution in [1.29, 1.82) is 5.26 Å². The second-order valence-corrected chi connectivity index (χ2v) is 4.36. The van der Waals surface area contributed by atoms with Crippen LogP contribution in [0.5, 0.6) is 5.75 Å². The van der Waals surface area contributed by atoms with Crippen LogP contribution in [-0.4, -0.2) is 27.2 Å². The van der Waals surface area contributed by atoms with Crippen LogP contribution in [0.25, 0.3) is 0 Å². The van der Waals surface area contributed by atoms with Crippen LogP contribution in [0.3, 0.4) is 0 Å². The van der Waals surface area contributed by atoms with E-state index in [0.717, 1.165) is 0 Å². The third-order valence-corrected chi connectivity index (χ3v) is 2.67. The normalized spacial score (nSPS) is 12.3. The van der Waals surface area contributed by atoms with Gasteiger partial charge in [-0.1, -0.05) is 12.1 Å². The molecule has 2 rings (SSSR count). The molecule has 0 aliphatic carbocycles. The zero-order valence-corrected chi connectivity index (χ0v) is 11.7. The van der Waals surface area contributed by atoms with E-state index < -0.39 is 30.0 Å². The van der Waals surface area contributed by atoms with Crippen LogP contribution in [0, 0.1) is 11.3 Å². The average molecular weight is 325 g/mol. The number of halogens is 3. The number of para-hydroxylation sites is 1. The predicted octanol–water partition coefficient (Wildman–Crippen LogP) is 2.10. The highest BCUT2D eigenvalue weighted by molar-refractivity contribution is 5.92. The summed E-state index contributed by atoms with van der Waals surface area (Å²) in [6.07, 6.45) is -5.76. The molecule has 0 fully saturated rings. The molecule has 0 aliphatic heterocycles. The highest BCUT2D eigenvalue weighted by Gasteiger charge is 2.35. The number of hydrogen-bond donors (Lipinski definition) is 2. The SMILES string of the molecule is CC(Oc1ccccc1C#N)C(=O)Nc1n[nH]c(C(F)(F)F)n1. The molecule has 0 spiro atoms. The van der Waals surface area contributed by atoms with Crippen molar-refractivity contribution < 1.29 is 22.7 Å². The fourth-order valence-corrected chi connectivity index (χ4v) is 1.56. The molecule has 1 unspecified atom stereocenters. The molecule has 0 saturated heterocycles. The number of nitrogens with one attached hydrogen (secondary N) is 2. The van der Waals surface area contributed by atoms with Gasteiger partial charge in [-0.05, 0) is 19.1 Å². The number of carbonyl (C=O) groups is 1. The lowest BCUT2D eigenvalue weighted by molar-refractivity contribution is -0.144.